The summed E-state index contributed by atoms with van der Waals surface area (Å²) in [5.74, 6) is -1.89. The fourth-order valence-electron chi connectivity index (χ4n) is 7.97. The van der Waals surface area contributed by atoms with Gasteiger partial charge in [-0.2, -0.15) is 0 Å². The second-order valence-electron chi connectivity index (χ2n) is 16.1. The van der Waals surface area contributed by atoms with Crippen molar-refractivity contribution in [1.82, 2.24) is 14.9 Å². The molecule has 13 heteroatoms. The van der Waals surface area contributed by atoms with Crippen molar-refractivity contribution < 1.29 is 36.0 Å². The molecule has 0 saturated carbocycles. The molecule has 2 aliphatic heterocycles. The molecular formula is C39H67F2N3O6Si2. The number of nitrogens with one attached hydrogen (secondary N) is 1. The van der Waals surface area contributed by atoms with Crippen LogP contribution in [0, 0.1) is 11.6 Å². The Kier molecular flexibility index (Phi) is 16.3. The van der Waals surface area contributed by atoms with Crippen LogP contribution in [0.3, 0.4) is 0 Å². The van der Waals surface area contributed by atoms with Gasteiger partial charge in [0.2, 0.25) is 5.91 Å². The van der Waals surface area contributed by atoms with Crippen LogP contribution in [-0.2, 0) is 27.2 Å². The van der Waals surface area contributed by atoms with Crippen LogP contribution in [0.1, 0.15) is 139 Å². The second-order valence-corrected chi connectivity index (χ2v) is 25.0. The van der Waals surface area contributed by atoms with E-state index in [9.17, 15) is 13.6 Å². The number of imidazole rings is 1. The van der Waals surface area contributed by atoms with Gasteiger partial charge in [0.15, 0.2) is 17.9 Å². The van der Waals surface area contributed by atoms with Crippen molar-refractivity contribution in [3.8, 4) is 0 Å². The molecule has 0 aliphatic carbocycles. The van der Waals surface area contributed by atoms with E-state index >= 15 is 0 Å². The number of unbranched alkanes of at least 4 members (excludes halogenated alkanes) is 8. The Bertz CT molecular complexity index is 1390. The maximum Gasteiger partial charge on any atom is 0.335 e. The zero-order valence-electron chi connectivity index (χ0n) is 33.4. The summed E-state index contributed by atoms with van der Waals surface area (Å²) < 4.78 is 65.9. The number of nitrogens with zero attached hydrogens (tertiary/aromatic N) is 2. The minimum Gasteiger partial charge on any atom is -0.414 e. The molecule has 3 heterocycles. The monoisotopic (exact) mass is 767 g/mol. The number of fused-ring (bicyclic) bond motifs is 2. The molecule has 0 bridgehead atoms. The molecule has 2 aromatic rings. The third-order valence-electron chi connectivity index (χ3n) is 11.0. The molecule has 9 nitrogen and oxygen atoms in total. The number of ether oxygens (including phenoxy) is 2. The first kappa shape index (κ1) is 43.0. The fourth-order valence-corrected chi connectivity index (χ4v) is 19.2. The topological polar surface area (TPSA) is 93.1 Å². The van der Waals surface area contributed by atoms with Crippen LogP contribution >= 0.6 is 0 Å². The minimum absolute atomic E-state index is 0.0643. The van der Waals surface area contributed by atoms with Crippen LogP contribution in [0.25, 0.3) is 11.0 Å². The summed E-state index contributed by atoms with van der Waals surface area (Å²) in [7, 11) is -5.82. The van der Waals surface area contributed by atoms with E-state index < -0.39 is 53.3 Å². The zero-order chi connectivity index (χ0) is 38.1. The Balaban J connectivity index is 1.49. The van der Waals surface area contributed by atoms with Gasteiger partial charge in [-0.15, -0.1) is 0 Å². The fraction of sp³-hybridized carbons (Fsp3) is 0.795. The third-order valence-corrected chi connectivity index (χ3v) is 21.2. The highest BCUT2D eigenvalue weighted by Gasteiger charge is 2.62. The number of halogens is 2. The molecule has 52 heavy (non-hydrogen) atoms. The van der Waals surface area contributed by atoms with Crippen LogP contribution in [0.5, 0.6) is 0 Å². The van der Waals surface area contributed by atoms with Crippen molar-refractivity contribution in [3.05, 3.63) is 30.1 Å². The van der Waals surface area contributed by atoms with Crippen LogP contribution in [0.15, 0.2) is 18.5 Å². The molecule has 0 radical (unpaired) electrons. The molecule has 0 spiro atoms. The molecular weight excluding hydrogens is 701 g/mol. The predicted octanol–water partition coefficient (Wildman–Crippen LogP) is 9.98. The molecule has 2 fully saturated rings. The number of amides is 1. The maximum absolute atomic E-state index is 14.8. The van der Waals surface area contributed by atoms with Gasteiger partial charge >= 0.3 is 17.1 Å². The molecule has 1 aromatic heterocycles. The average molecular weight is 768 g/mol. The first-order chi connectivity index (χ1) is 24.8. The molecule has 0 unspecified atom stereocenters. The van der Waals surface area contributed by atoms with E-state index in [4.69, 9.17) is 22.4 Å². The SMILES string of the molecule is CCCCCCCCCCCC(=O)NCCCO[C@@H]1[C@@H]2O[Si](C(C)C)(C(C)C)O[Si](C(C)C)(C(C)C)OC[C@H]2O[C@H]1n1cnc2c(F)c(F)ccc21. The van der Waals surface area contributed by atoms with Gasteiger partial charge in [0.05, 0.1) is 18.5 Å². The number of hydrogen-bond donors (Lipinski definition) is 1. The Labute approximate surface area is 313 Å². The lowest BCUT2D eigenvalue weighted by Crippen LogP contribution is -2.66. The smallest absolute Gasteiger partial charge is 0.335 e. The summed E-state index contributed by atoms with van der Waals surface area (Å²) in [6.45, 7) is 20.7. The van der Waals surface area contributed by atoms with Gasteiger partial charge < -0.3 is 32.3 Å². The van der Waals surface area contributed by atoms with Gasteiger partial charge in [0.1, 0.15) is 23.8 Å². The van der Waals surface area contributed by atoms with E-state index in [1.165, 1.54) is 57.3 Å². The quantitative estimate of drug-likeness (QED) is 0.106. The summed E-state index contributed by atoms with van der Waals surface area (Å²) in [6, 6.07) is 2.62. The van der Waals surface area contributed by atoms with Crippen molar-refractivity contribution in [2.45, 2.75) is 180 Å². The maximum atomic E-state index is 14.8. The summed E-state index contributed by atoms with van der Waals surface area (Å²) >= 11 is 0. The molecule has 2 aliphatic rings. The Morgan fingerprint density at radius 1 is 0.904 bits per heavy atom. The van der Waals surface area contributed by atoms with Crippen LogP contribution in [0.2, 0.25) is 22.2 Å². The Hall–Kier alpha value is -1.75. The number of hydrogen-bond acceptors (Lipinski definition) is 7. The number of aromatic nitrogens is 2. The van der Waals surface area contributed by atoms with Gasteiger partial charge in [0, 0.05) is 19.6 Å². The largest absolute Gasteiger partial charge is 0.414 e. The lowest BCUT2D eigenvalue weighted by Gasteiger charge is -2.51. The first-order valence-electron chi connectivity index (χ1n) is 20.1. The summed E-state index contributed by atoms with van der Waals surface area (Å²) in [5, 5.41) is 3.05. The first-order valence-corrected chi connectivity index (χ1v) is 24.1. The van der Waals surface area contributed by atoms with E-state index in [0.717, 1.165) is 18.9 Å². The molecule has 2 saturated heterocycles. The van der Waals surface area contributed by atoms with E-state index in [1.807, 2.05) is 0 Å². The van der Waals surface area contributed by atoms with Crippen molar-refractivity contribution in [2.75, 3.05) is 19.8 Å². The predicted molar refractivity (Wildman–Crippen MR) is 207 cm³/mol. The van der Waals surface area contributed by atoms with Gasteiger partial charge in [-0.3, -0.25) is 4.79 Å². The van der Waals surface area contributed by atoms with Crippen molar-refractivity contribution >= 4 is 34.1 Å². The van der Waals surface area contributed by atoms with E-state index in [1.54, 1.807) is 4.57 Å². The number of carbonyl (C=O) groups is 1. The Morgan fingerprint density at radius 2 is 1.52 bits per heavy atom. The van der Waals surface area contributed by atoms with Gasteiger partial charge in [0.25, 0.3) is 0 Å². The Morgan fingerprint density at radius 3 is 2.13 bits per heavy atom. The lowest BCUT2D eigenvalue weighted by molar-refractivity contribution is -0.121. The van der Waals surface area contributed by atoms with Crippen molar-refractivity contribution in [2.24, 2.45) is 0 Å². The van der Waals surface area contributed by atoms with Crippen molar-refractivity contribution in [3.63, 3.8) is 0 Å². The molecule has 1 N–H and O–H groups in total. The van der Waals surface area contributed by atoms with E-state index in [-0.39, 0.29) is 40.2 Å². The summed E-state index contributed by atoms with van der Waals surface area (Å²) in [6.07, 6.45) is 11.1. The highest BCUT2D eigenvalue weighted by atomic mass is 28.5. The van der Waals surface area contributed by atoms with Crippen LogP contribution < -0.4 is 5.32 Å². The zero-order valence-corrected chi connectivity index (χ0v) is 35.4. The summed E-state index contributed by atoms with van der Waals surface area (Å²) in [5.41, 5.74) is 0.884. The summed E-state index contributed by atoms with van der Waals surface area (Å²) in [4.78, 5) is 16.8. The van der Waals surface area contributed by atoms with Crippen LogP contribution in [-0.4, -0.2) is 70.7 Å². The molecule has 296 valence electrons. The van der Waals surface area contributed by atoms with E-state index in [0.29, 0.717) is 31.5 Å². The number of rotatable bonds is 20. The van der Waals surface area contributed by atoms with Crippen molar-refractivity contribution in [1.29, 1.82) is 0 Å². The second kappa shape index (κ2) is 19.7. The molecule has 1 amide bonds. The van der Waals surface area contributed by atoms with Gasteiger partial charge in [-0.1, -0.05) is 114 Å². The standard InChI is InChI=1S/C39H67F2N3O6Si2/c1-10-11-12-13-14-15-16-17-18-20-34(45)42-23-19-24-46-38-37-33(48-39(38)44-26-43-36-32(44)22-21-31(40)35(36)41)25-47-51(27(2)3,28(4)5)50-52(49-37,29(6)7)30(8)9/h21-22,26-30,33,37-39H,10-20,23-25H2,1-9H3,(H,42,45)/t33-,37-,38-,39-/m1/s1. The molecule has 4 rings (SSSR count). The highest BCUT2D eigenvalue weighted by molar-refractivity contribution is 6.84. The average Bonchev–Trinajstić information content (AvgIpc) is 3.66. The van der Waals surface area contributed by atoms with Gasteiger partial charge in [-0.25, -0.2) is 13.8 Å². The molecule has 1 aromatic carbocycles. The normalized spacial score (nSPS) is 23.1. The highest BCUT2D eigenvalue weighted by Crippen LogP contribution is 2.49. The van der Waals surface area contributed by atoms with Gasteiger partial charge in [-0.05, 0) is 47.1 Å². The lowest BCUT2D eigenvalue weighted by atomic mass is 10.1. The van der Waals surface area contributed by atoms with Crippen LogP contribution in [0.4, 0.5) is 8.78 Å². The minimum atomic E-state index is -3.01. The molecule has 4 atom stereocenters. The number of carbonyl (C=O) groups excluding carboxylic acids is 1. The number of benzene rings is 1. The third kappa shape index (κ3) is 9.91. The van der Waals surface area contributed by atoms with E-state index in [2.05, 4.69) is 72.6 Å².